The molecule has 0 aliphatic carbocycles. The van der Waals surface area contributed by atoms with Gasteiger partial charge in [0, 0.05) is 11.6 Å². The summed E-state index contributed by atoms with van der Waals surface area (Å²) in [5.41, 5.74) is 1.95. The number of ketones is 2. The van der Waals surface area contributed by atoms with E-state index in [1.165, 1.54) is 19.1 Å². The molecule has 4 heteroatoms. The molecule has 106 valence electrons. The molecule has 3 rings (SSSR count). The molecule has 0 radical (unpaired) electrons. The number of ether oxygens (including phenoxy) is 1. The second kappa shape index (κ2) is 5.05. The van der Waals surface area contributed by atoms with Crippen LogP contribution >= 0.6 is 0 Å². The van der Waals surface area contributed by atoms with E-state index < -0.39 is 6.10 Å². The Morgan fingerprint density at radius 3 is 2.57 bits per heavy atom. The number of phenols is 1. The van der Waals surface area contributed by atoms with Gasteiger partial charge in [0.15, 0.2) is 11.6 Å². The van der Waals surface area contributed by atoms with E-state index in [2.05, 4.69) is 0 Å². The minimum Gasteiger partial charge on any atom is -0.508 e. The van der Waals surface area contributed by atoms with Crippen LogP contribution in [0.2, 0.25) is 0 Å². The topological polar surface area (TPSA) is 63.6 Å². The molecule has 2 aromatic rings. The molecule has 0 fully saturated rings. The third-order valence-corrected chi connectivity index (χ3v) is 3.59. The van der Waals surface area contributed by atoms with Crippen molar-refractivity contribution < 1.29 is 19.4 Å². The summed E-state index contributed by atoms with van der Waals surface area (Å²) in [4.78, 5) is 23.4. The van der Waals surface area contributed by atoms with Crippen LogP contribution in [0.4, 0.5) is 0 Å². The zero-order chi connectivity index (χ0) is 15.0. The van der Waals surface area contributed by atoms with Gasteiger partial charge >= 0.3 is 0 Å². The normalized spacial score (nSPS) is 17.0. The number of aromatic hydroxyl groups is 1. The molecule has 1 heterocycles. The fourth-order valence-electron chi connectivity index (χ4n) is 2.43. The van der Waals surface area contributed by atoms with Crippen molar-refractivity contribution in [2.24, 2.45) is 0 Å². The van der Waals surface area contributed by atoms with Crippen LogP contribution in [0.3, 0.4) is 0 Å². The van der Waals surface area contributed by atoms with E-state index in [4.69, 9.17) is 4.74 Å². The first-order valence-electron chi connectivity index (χ1n) is 6.68. The van der Waals surface area contributed by atoms with Gasteiger partial charge in [-0.05, 0) is 24.6 Å². The minimum absolute atomic E-state index is 0.00235. The molecule has 0 saturated carbocycles. The van der Waals surface area contributed by atoms with Crippen molar-refractivity contribution in [3.05, 3.63) is 59.2 Å². The quantitative estimate of drug-likeness (QED) is 0.858. The molecule has 21 heavy (non-hydrogen) atoms. The first kappa shape index (κ1) is 13.4. The number of Topliss-reactive ketones (excluding diaryl/α,β-unsaturated/α-hetero) is 2. The predicted octanol–water partition coefficient (Wildman–Crippen LogP) is 3.30. The third-order valence-electron chi connectivity index (χ3n) is 3.59. The summed E-state index contributed by atoms with van der Waals surface area (Å²) < 4.78 is 5.80. The van der Waals surface area contributed by atoms with Gasteiger partial charge in [0.25, 0.3) is 0 Å². The van der Waals surface area contributed by atoms with Crippen molar-refractivity contribution in [3.63, 3.8) is 0 Å². The molecular weight excluding hydrogens is 268 g/mol. The maximum absolute atomic E-state index is 12.1. The SMILES string of the molecule is CC(=O)c1ccc(C2CC(=O)c3ccc(O)cc3O2)cc1. The fraction of sp³-hybridized carbons (Fsp3) is 0.176. The summed E-state index contributed by atoms with van der Waals surface area (Å²) in [6, 6.07) is 11.5. The zero-order valence-electron chi connectivity index (χ0n) is 11.5. The Labute approximate surface area is 122 Å². The molecule has 0 spiro atoms. The van der Waals surface area contributed by atoms with Crippen LogP contribution in [0.5, 0.6) is 11.5 Å². The molecular formula is C17H14O4. The summed E-state index contributed by atoms with van der Waals surface area (Å²) in [6.07, 6.45) is -0.148. The summed E-state index contributed by atoms with van der Waals surface area (Å²) >= 11 is 0. The van der Waals surface area contributed by atoms with E-state index in [1.807, 2.05) is 0 Å². The Bertz CT molecular complexity index is 716. The van der Waals surface area contributed by atoms with Crippen molar-refractivity contribution >= 4 is 11.6 Å². The molecule has 1 aliphatic heterocycles. The number of fused-ring (bicyclic) bond motifs is 1. The summed E-state index contributed by atoms with van der Waals surface area (Å²) in [7, 11) is 0. The van der Waals surface area contributed by atoms with Gasteiger partial charge in [-0.3, -0.25) is 9.59 Å². The largest absolute Gasteiger partial charge is 0.508 e. The lowest BCUT2D eigenvalue weighted by Gasteiger charge is -2.25. The fourth-order valence-corrected chi connectivity index (χ4v) is 2.43. The molecule has 0 bridgehead atoms. The van der Waals surface area contributed by atoms with Gasteiger partial charge < -0.3 is 9.84 Å². The van der Waals surface area contributed by atoms with Crippen LogP contribution in [0.25, 0.3) is 0 Å². The Hall–Kier alpha value is -2.62. The highest BCUT2D eigenvalue weighted by Crippen LogP contribution is 2.36. The smallest absolute Gasteiger partial charge is 0.170 e. The van der Waals surface area contributed by atoms with Gasteiger partial charge in [-0.25, -0.2) is 0 Å². The lowest BCUT2D eigenvalue weighted by Crippen LogP contribution is -2.20. The monoisotopic (exact) mass is 282 g/mol. The van der Waals surface area contributed by atoms with Crippen LogP contribution in [0, 0.1) is 0 Å². The standard InChI is InChI=1S/C17H14O4/c1-10(18)11-2-4-12(5-3-11)16-9-15(20)14-7-6-13(19)8-17(14)21-16/h2-8,16,19H,9H2,1H3. The number of carbonyl (C=O) groups is 2. The molecule has 0 aromatic heterocycles. The predicted molar refractivity (Wildman–Crippen MR) is 76.9 cm³/mol. The highest BCUT2D eigenvalue weighted by molar-refractivity contribution is 6.00. The number of hydrogen-bond donors (Lipinski definition) is 1. The van der Waals surface area contributed by atoms with Crippen LogP contribution in [0.1, 0.15) is 45.7 Å². The Morgan fingerprint density at radius 1 is 1.19 bits per heavy atom. The first-order chi connectivity index (χ1) is 10.0. The summed E-state index contributed by atoms with van der Waals surface area (Å²) in [5, 5.41) is 9.50. The lowest BCUT2D eigenvalue weighted by molar-refractivity contribution is 0.0848. The number of hydrogen-bond acceptors (Lipinski definition) is 4. The highest BCUT2D eigenvalue weighted by atomic mass is 16.5. The number of phenolic OH excluding ortho intramolecular Hbond substituents is 1. The Morgan fingerprint density at radius 2 is 1.90 bits per heavy atom. The second-order valence-corrected chi connectivity index (χ2v) is 5.09. The average molecular weight is 282 g/mol. The van der Waals surface area contributed by atoms with Crippen LogP contribution in [-0.2, 0) is 0 Å². The Balaban J connectivity index is 1.91. The summed E-state index contributed by atoms with van der Waals surface area (Å²) in [6.45, 7) is 1.51. The minimum atomic E-state index is -0.396. The van der Waals surface area contributed by atoms with E-state index in [-0.39, 0.29) is 23.7 Å². The van der Waals surface area contributed by atoms with Gasteiger partial charge in [0.05, 0.1) is 12.0 Å². The van der Waals surface area contributed by atoms with Crippen molar-refractivity contribution in [2.75, 3.05) is 0 Å². The number of benzene rings is 2. The Kier molecular flexibility index (Phi) is 3.22. The maximum Gasteiger partial charge on any atom is 0.170 e. The molecule has 4 nitrogen and oxygen atoms in total. The van der Waals surface area contributed by atoms with Gasteiger partial charge in [-0.1, -0.05) is 24.3 Å². The zero-order valence-corrected chi connectivity index (χ0v) is 11.5. The molecule has 0 saturated heterocycles. The lowest BCUT2D eigenvalue weighted by atomic mass is 9.95. The molecule has 1 aliphatic rings. The number of carbonyl (C=O) groups excluding carboxylic acids is 2. The van der Waals surface area contributed by atoms with Crippen molar-refractivity contribution in [3.8, 4) is 11.5 Å². The van der Waals surface area contributed by atoms with Crippen molar-refractivity contribution in [1.29, 1.82) is 0 Å². The third kappa shape index (κ3) is 2.52. The molecule has 1 unspecified atom stereocenters. The molecule has 0 amide bonds. The average Bonchev–Trinajstić information content (AvgIpc) is 2.46. The molecule has 1 N–H and O–H groups in total. The van der Waals surface area contributed by atoms with E-state index in [0.717, 1.165) is 5.56 Å². The van der Waals surface area contributed by atoms with Gasteiger partial charge in [0.1, 0.15) is 17.6 Å². The van der Waals surface area contributed by atoms with E-state index in [0.29, 0.717) is 16.9 Å². The van der Waals surface area contributed by atoms with Crippen molar-refractivity contribution in [1.82, 2.24) is 0 Å². The molecule has 1 atom stereocenters. The van der Waals surface area contributed by atoms with Crippen LogP contribution < -0.4 is 4.74 Å². The van der Waals surface area contributed by atoms with Crippen molar-refractivity contribution in [2.45, 2.75) is 19.4 Å². The van der Waals surface area contributed by atoms with Gasteiger partial charge in [-0.2, -0.15) is 0 Å². The van der Waals surface area contributed by atoms with E-state index >= 15 is 0 Å². The van der Waals surface area contributed by atoms with Crippen LogP contribution in [-0.4, -0.2) is 16.7 Å². The van der Waals surface area contributed by atoms with E-state index in [1.54, 1.807) is 30.3 Å². The highest BCUT2D eigenvalue weighted by Gasteiger charge is 2.27. The van der Waals surface area contributed by atoms with E-state index in [9.17, 15) is 14.7 Å². The first-order valence-corrected chi connectivity index (χ1v) is 6.68. The number of rotatable bonds is 2. The van der Waals surface area contributed by atoms with Crippen LogP contribution in [0.15, 0.2) is 42.5 Å². The second-order valence-electron chi connectivity index (χ2n) is 5.09. The molecule has 2 aromatic carbocycles. The van der Waals surface area contributed by atoms with Gasteiger partial charge in [0.2, 0.25) is 0 Å². The van der Waals surface area contributed by atoms with Gasteiger partial charge in [-0.15, -0.1) is 0 Å². The maximum atomic E-state index is 12.1. The summed E-state index contributed by atoms with van der Waals surface area (Å²) in [5.74, 6) is 0.440.